The maximum atomic E-state index is 13.2. The van der Waals surface area contributed by atoms with Crippen molar-refractivity contribution in [2.45, 2.75) is 6.54 Å². The largest absolute Gasteiger partial charge is 0.376 e. The van der Waals surface area contributed by atoms with Gasteiger partial charge in [0.05, 0.1) is 12.2 Å². The van der Waals surface area contributed by atoms with E-state index >= 15 is 0 Å². The highest BCUT2D eigenvalue weighted by atomic mass is 35.5. The highest BCUT2D eigenvalue weighted by Gasteiger charge is 2.24. The van der Waals surface area contributed by atoms with Crippen LogP contribution in [0.25, 0.3) is 5.69 Å². The van der Waals surface area contributed by atoms with Crippen LogP contribution < -0.4 is 5.32 Å². The predicted molar refractivity (Wildman–Crippen MR) is 108 cm³/mol. The molecular formula is C20H20ClN5O3. The fraction of sp³-hybridized carbons (Fsp3) is 0.200. The molecule has 8 nitrogen and oxygen atoms in total. The molecule has 0 fully saturated rings. The van der Waals surface area contributed by atoms with Gasteiger partial charge in [-0.1, -0.05) is 41.9 Å². The number of carbonyl (C=O) groups is 2. The monoisotopic (exact) mass is 413 g/mol. The van der Waals surface area contributed by atoms with E-state index in [4.69, 9.17) is 16.7 Å². The van der Waals surface area contributed by atoms with Crippen LogP contribution in [0.2, 0.25) is 5.02 Å². The first-order valence-electron chi connectivity index (χ1n) is 8.80. The average molecular weight is 414 g/mol. The van der Waals surface area contributed by atoms with Crippen molar-refractivity contribution in [1.29, 1.82) is 0 Å². The summed E-state index contributed by atoms with van der Waals surface area (Å²) in [6, 6.07) is 13.6. The summed E-state index contributed by atoms with van der Waals surface area (Å²) in [5, 5.41) is 19.8. The molecule has 9 heteroatoms. The van der Waals surface area contributed by atoms with Gasteiger partial charge >= 0.3 is 0 Å². The molecule has 1 aromatic heterocycles. The molecule has 0 bridgehead atoms. The van der Waals surface area contributed by atoms with Crippen LogP contribution in [0.3, 0.4) is 0 Å². The van der Waals surface area contributed by atoms with Gasteiger partial charge in [0.15, 0.2) is 11.6 Å². The topological polar surface area (TPSA) is 100 Å². The lowest BCUT2D eigenvalue weighted by Gasteiger charge is -2.16. The quantitative estimate of drug-likeness (QED) is 0.453. The van der Waals surface area contributed by atoms with Gasteiger partial charge in [-0.15, -0.1) is 10.2 Å². The van der Waals surface area contributed by atoms with Crippen LogP contribution in [-0.2, 0) is 6.54 Å². The molecule has 0 radical (unpaired) electrons. The molecule has 0 aliphatic carbocycles. The molecule has 0 saturated heterocycles. The van der Waals surface area contributed by atoms with E-state index in [1.54, 1.807) is 42.5 Å². The van der Waals surface area contributed by atoms with Gasteiger partial charge in [-0.05, 0) is 32.3 Å². The van der Waals surface area contributed by atoms with Gasteiger partial charge in [0.25, 0.3) is 5.91 Å². The van der Waals surface area contributed by atoms with Crippen molar-refractivity contribution < 1.29 is 14.7 Å². The minimum Gasteiger partial charge on any atom is -0.376 e. The Bertz CT molecular complexity index is 1030. The number of ketones is 1. The van der Waals surface area contributed by atoms with Crippen LogP contribution >= 0.6 is 11.6 Å². The molecule has 3 aromatic rings. The second-order valence-electron chi connectivity index (χ2n) is 6.53. The number of nitrogens with one attached hydrogen (secondary N) is 1. The summed E-state index contributed by atoms with van der Waals surface area (Å²) in [5.41, 5.74) is 1.22. The Balaban J connectivity index is 2.21. The second-order valence-corrected chi connectivity index (χ2v) is 6.97. The lowest BCUT2D eigenvalue weighted by Crippen LogP contribution is -2.28. The number of rotatable bonds is 7. The number of carbonyl (C=O) groups excluding carboxylic acids is 2. The first-order valence-corrected chi connectivity index (χ1v) is 9.18. The van der Waals surface area contributed by atoms with E-state index in [0.29, 0.717) is 34.2 Å². The zero-order chi connectivity index (χ0) is 21.0. The van der Waals surface area contributed by atoms with Gasteiger partial charge in [-0.25, -0.2) is 0 Å². The van der Waals surface area contributed by atoms with Crippen LogP contribution in [0, 0.1) is 0 Å². The van der Waals surface area contributed by atoms with Crippen LogP contribution in [0.5, 0.6) is 0 Å². The molecule has 150 valence electrons. The van der Waals surface area contributed by atoms with E-state index in [1.165, 1.54) is 4.57 Å². The Morgan fingerprint density at radius 3 is 2.52 bits per heavy atom. The van der Waals surface area contributed by atoms with Gasteiger partial charge in [0.1, 0.15) is 6.73 Å². The Labute approximate surface area is 172 Å². The molecule has 1 amide bonds. The van der Waals surface area contributed by atoms with E-state index in [0.717, 1.165) is 0 Å². The molecule has 0 saturated carbocycles. The summed E-state index contributed by atoms with van der Waals surface area (Å²) in [6.45, 7) is -0.174. The van der Waals surface area contributed by atoms with E-state index in [1.807, 2.05) is 25.1 Å². The van der Waals surface area contributed by atoms with Gasteiger partial charge < -0.3 is 15.3 Å². The van der Waals surface area contributed by atoms with Crippen LogP contribution in [0.4, 0.5) is 0 Å². The number of amides is 1. The SMILES string of the molecule is CN(C)Cc1nnc(C(=O)NCO)n1-c1ccc(Cl)cc1C(=O)c1ccccc1. The molecule has 2 N–H and O–H groups in total. The Morgan fingerprint density at radius 2 is 1.86 bits per heavy atom. The van der Waals surface area contributed by atoms with Crippen LogP contribution in [-0.4, -0.2) is 57.3 Å². The highest BCUT2D eigenvalue weighted by Crippen LogP contribution is 2.25. The third kappa shape index (κ3) is 4.51. The number of halogens is 1. The highest BCUT2D eigenvalue weighted by molar-refractivity contribution is 6.31. The molecule has 0 spiro atoms. The van der Waals surface area contributed by atoms with Gasteiger partial charge in [0.2, 0.25) is 5.82 Å². The maximum Gasteiger partial charge on any atom is 0.291 e. The molecule has 2 aromatic carbocycles. The number of nitrogens with zero attached hydrogens (tertiary/aromatic N) is 4. The number of hydrogen-bond acceptors (Lipinski definition) is 6. The van der Waals surface area contributed by atoms with Crippen molar-refractivity contribution in [3.63, 3.8) is 0 Å². The molecule has 3 rings (SSSR count). The van der Waals surface area contributed by atoms with Gasteiger partial charge in [-0.2, -0.15) is 0 Å². The number of aromatic nitrogens is 3. The Hall–Kier alpha value is -3.07. The maximum absolute atomic E-state index is 13.2. The van der Waals surface area contributed by atoms with Crippen molar-refractivity contribution in [3.05, 3.63) is 76.3 Å². The van der Waals surface area contributed by atoms with Crippen molar-refractivity contribution >= 4 is 23.3 Å². The molecule has 0 unspecified atom stereocenters. The van der Waals surface area contributed by atoms with Gasteiger partial charge in [-0.3, -0.25) is 14.2 Å². The molecular weight excluding hydrogens is 394 g/mol. The Morgan fingerprint density at radius 1 is 1.14 bits per heavy atom. The second kappa shape index (κ2) is 8.95. The number of aliphatic hydroxyl groups is 1. The lowest BCUT2D eigenvalue weighted by atomic mass is 10.0. The van der Waals surface area contributed by atoms with Crippen molar-refractivity contribution in [1.82, 2.24) is 25.0 Å². The van der Waals surface area contributed by atoms with E-state index in [9.17, 15) is 9.59 Å². The fourth-order valence-corrected chi connectivity index (χ4v) is 3.06. The Kier molecular flexibility index (Phi) is 6.38. The fourth-order valence-electron chi connectivity index (χ4n) is 2.88. The standard InChI is InChI=1S/C20H20ClN5O3/c1-25(2)11-17-23-24-19(20(29)22-12-27)26(17)16-9-8-14(21)10-15(16)18(28)13-6-4-3-5-7-13/h3-10,27H,11-12H2,1-2H3,(H,22,29). The third-order valence-electron chi connectivity index (χ3n) is 4.11. The zero-order valence-electron chi connectivity index (χ0n) is 16.0. The zero-order valence-corrected chi connectivity index (χ0v) is 16.7. The molecule has 0 aliphatic rings. The van der Waals surface area contributed by atoms with Crippen molar-refractivity contribution in [2.24, 2.45) is 0 Å². The summed E-state index contributed by atoms with van der Waals surface area (Å²) in [6.07, 6.45) is 0. The third-order valence-corrected chi connectivity index (χ3v) is 4.35. The van der Waals surface area contributed by atoms with E-state index in [2.05, 4.69) is 15.5 Å². The average Bonchev–Trinajstić information content (AvgIpc) is 3.11. The summed E-state index contributed by atoms with van der Waals surface area (Å²) < 4.78 is 1.51. The molecule has 1 heterocycles. The number of aliphatic hydroxyl groups excluding tert-OH is 1. The summed E-state index contributed by atoms with van der Waals surface area (Å²) in [4.78, 5) is 27.5. The number of hydrogen-bond donors (Lipinski definition) is 2. The smallest absolute Gasteiger partial charge is 0.291 e. The summed E-state index contributed by atoms with van der Waals surface area (Å²) in [7, 11) is 3.70. The summed E-state index contributed by atoms with van der Waals surface area (Å²) >= 11 is 6.17. The summed E-state index contributed by atoms with van der Waals surface area (Å²) in [5.74, 6) is -0.443. The van der Waals surface area contributed by atoms with Crippen LogP contribution in [0.15, 0.2) is 48.5 Å². The molecule has 0 aliphatic heterocycles. The molecule has 29 heavy (non-hydrogen) atoms. The van der Waals surface area contributed by atoms with Gasteiger partial charge in [0, 0.05) is 16.1 Å². The molecule has 0 atom stereocenters. The van der Waals surface area contributed by atoms with Crippen LogP contribution in [0.1, 0.15) is 32.4 Å². The number of benzene rings is 2. The first-order chi connectivity index (χ1) is 13.9. The van der Waals surface area contributed by atoms with Crippen molar-refractivity contribution in [2.75, 3.05) is 20.8 Å². The van der Waals surface area contributed by atoms with E-state index in [-0.39, 0.29) is 11.6 Å². The first kappa shape index (κ1) is 20.7. The van der Waals surface area contributed by atoms with Crippen molar-refractivity contribution in [3.8, 4) is 5.69 Å². The van der Waals surface area contributed by atoms with E-state index < -0.39 is 12.6 Å². The minimum absolute atomic E-state index is 0.0414. The predicted octanol–water partition coefficient (Wildman–Crippen LogP) is 1.89. The normalized spacial score (nSPS) is 10.9. The minimum atomic E-state index is -0.613. The lowest BCUT2D eigenvalue weighted by molar-refractivity contribution is 0.0896.